The molecule has 0 atom stereocenters. The summed E-state index contributed by atoms with van der Waals surface area (Å²) in [4.78, 5) is 9.96. The zero-order valence-corrected chi connectivity index (χ0v) is 8.12. The van der Waals surface area contributed by atoms with Gasteiger partial charge in [0.2, 0.25) is 0 Å². The highest BCUT2D eigenvalue weighted by molar-refractivity contribution is 4.14. The summed E-state index contributed by atoms with van der Waals surface area (Å²) in [6.45, 7) is 0.366. The Labute approximate surface area is 78.4 Å². The predicted molar refractivity (Wildman–Crippen MR) is 38.2 cm³/mol. The molecule has 0 fully saturated rings. The average Bonchev–Trinajstić information content (AvgIpc) is 1.97. The first kappa shape index (κ1) is 14.6. The van der Waals surface area contributed by atoms with E-state index in [9.17, 15) is 0 Å². The van der Waals surface area contributed by atoms with E-state index in [1.807, 2.05) is 0 Å². The van der Waals surface area contributed by atoms with Crippen molar-refractivity contribution < 1.29 is 37.1 Å². The maximum absolute atomic E-state index is 8.42. The highest BCUT2D eigenvalue weighted by atomic mass is 35.5. The van der Waals surface area contributed by atoms with Crippen LogP contribution < -0.4 is 12.4 Å². The van der Waals surface area contributed by atoms with Crippen LogP contribution in [0.3, 0.4) is 0 Å². The van der Waals surface area contributed by atoms with E-state index in [2.05, 4.69) is 0 Å². The Bertz CT molecular complexity index is 91.5. The van der Waals surface area contributed by atoms with Crippen molar-refractivity contribution in [1.82, 2.24) is 0 Å². The van der Waals surface area contributed by atoms with Crippen molar-refractivity contribution >= 4 is 0 Å². The van der Waals surface area contributed by atoms with Crippen molar-refractivity contribution in [2.45, 2.75) is 0 Å². The third kappa shape index (κ3) is 8.19. The Morgan fingerprint density at radius 1 is 1.00 bits per heavy atom. The average molecular weight is 202 g/mol. The summed E-state index contributed by atoms with van der Waals surface area (Å²) in [5, 5.41) is 16.8. The van der Waals surface area contributed by atoms with Gasteiger partial charge >= 0.3 is 0 Å². The molecule has 0 bridgehead atoms. The van der Waals surface area contributed by atoms with Crippen molar-refractivity contribution in [1.29, 1.82) is 0 Å². The highest BCUT2D eigenvalue weighted by Crippen LogP contribution is 1.98. The zero-order chi connectivity index (χ0) is 8.74. The lowest BCUT2D eigenvalue weighted by Crippen LogP contribution is -3.00. The summed E-state index contributed by atoms with van der Waals surface area (Å²) in [5.41, 5.74) is 0. The fourth-order valence-electron chi connectivity index (χ4n) is 0.559. The molecule has 0 aliphatic carbocycles. The molecule has 0 aromatic rings. The first-order chi connectivity index (χ1) is 5.12. The van der Waals surface area contributed by atoms with Gasteiger partial charge < -0.3 is 22.6 Å². The first-order valence-electron chi connectivity index (χ1n) is 3.47. The molecule has 0 rings (SSSR count). The van der Waals surface area contributed by atoms with Gasteiger partial charge in [0.1, 0.15) is 27.3 Å². The lowest BCUT2D eigenvalue weighted by Gasteiger charge is -2.23. The lowest BCUT2D eigenvalue weighted by molar-refractivity contribution is -1.22. The number of quaternary nitrogens is 1. The molecule has 2 N–H and O–H groups in total. The summed E-state index contributed by atoms with van der Waals surface area (Å²) in [7, 11) is 3.34. The Balaban J connectivity index is 0. The van der Waals surface area contributed by atoms with Crippen LogP contribution in [0.2, 0.25) is 0 Å². The Kier molecular flexibility index (Phi) is 9.40. The summed E-state index contributed by atoms with van der Waals surface area (Å²) in [6, 6.07) is 0. The monoisotopic (exact) mass is 201 g/mol. The number of hydrogen-bond donors (Lipinski definition) is 2. The fraction of sp³-hybridized carbons (Fsp3) is 1.00. The van der Waals surface area contributed by atoms with Gasteiger partial charge in [0.25, 0.3) is 0 Å². The van der Waals surface area contributed by atoms with E-state index < -0.39 is 0 Å². The SMILES string of the molecule is C[N+](C)(OCCO)OCCO.[Cl-]. The summed E-state index contributed by atoms with van der Waals surface area (Å²) in [5.74, 6) is 0. The Morgan fingerprint density at radius 3 is 1.58 bits per heavy atom. The van der Waals surface area contributed by atoms with E-state index in [4.69, 9.17) is 19.9 Å². The molecular weight excluding hydrogens is 186 g/mol. The predicted octanol–water partition coefficient (Wildman–Crippen LogP) is -4.09. The molecule has 0 aromatic heterocycles. The largest absolute Gasteiger partial charge is 1.00 e. The number of rotatable bonds is 6. The molecule has 0 aliphatic rings. The van der Waals surface area contributed by atoms with Gasteiger partial charge in [0.05, 0.1) is 13.2 Å². The second-order valence-corrected chi connectivity index (χ2v) is 2.37. The summed E-state index contributed by atoms with van der Waals surface area (Å²) >= 11 is 0. The molecule has 0 aliphatic heterocycles. The van der Waals surface area contributed by atoms with Gasteiger partial charge in [0.15, 0.2) is 0 Å². The zero-order valence-electron chi connectivity index (χ0n) is 7.36. The Hall–Kier alpha value is 0.0900. The van der Waals surface area contributed by atoms with Gasteiger partial charge in [-0.25, -0.2) is 0 Å². The van der Waals surface area contributed by atoms with E-state index >= 15 is 0 Å². The third-order valence-corrected chi connectivity index (χ3v) is 0.987. The number of hydroxylamine groups is 4. The Morgan fingerprint density at radius 2 is 1.33 bits per heavy atom. The minimum atomic E-state index is -0.110. The van der Waals surface area contributed by atoms with Gasteiger partial charge in [-0.1, -0.05) is 0 Å². The second kappa shape index (κ2) is 7.72. The topological polar surface area (TPSA) is 58.9 Å². The van der Waals surface area contributed by atoms with Crippen molar-refractivity contribution in [2.75, 3.05) is 40.5 Å². The molecule has 12 heavy (non-hydrogen) atoms. The summed E-state index contributed by atoms with van der Waals surface area (Å²) in [6.07, 6.45) is 0. The number of hydrogen-bond acceptors (Lipinski definition) is 4. The molecule has 0 amide bonds. The van der Waals surface area contributed by atoms with Crippen LogP contribution in [0.1, 0.15) is 0 Å². The van der Waals surface area contributed by atoms with Crippen LogP contribution in [0.25, 0.3) is 0 Å². The minimum Gasteiger partial charge on any atom is -1.00 e. The molecule has 6 heteroatoms. The van der Waals surface area contributed by atoms with Crippen LogP contribution in [-0.4, -0.2) is 55.5 Å². The van der Waals surface area contributed by atoms with Crippen LogP contribution in [0, 0.1) is 0 Å². The number of aliphatic hydroxyl groups excluding tert-OH is 2. The van der Waals surface area contributed by atoms with Gasteiger partial charge in [0, 0.05) is 0 Å². The standard InChI is InChI=1S/C6H16NO4.ClH/c1-7(2,10-5-3-8)11-6-4-9;/h8-9H,3-6H2,1-2H3;1H/q+1;/p-1. The maximum Gasteiger partial charge on any atom is 0.133 e. The van der Waals surface area contributed by atoms with Gasteiger partial charge in [-0.2, -0.15) is 9.68 Å². The minimum absolute atomic E-state index is 0. The van der Waals surface area contributed by atoms with E-state index in [1.54, 1.807) is 14.1 Å². The molecule has 0 heterocycles. The molecule has 0 radical (unpaired) electrons. The van der Waals surface area contributed by atoms with Crippen molar-refractivity contribution in [3.63, 3.8) is 0 Å². The highest BCUT2D eigenvalue weighted by Gasteiger charge is 2.17. The van der Waals surface area contributed by atoms with Crippen LogP contribution in [0.5, 0.6) is 0 Å². The van der Waals surface area contributed by atoms with E-state index in [-0.39, 0.29) is 43.6 Å². The van der Waals surface area contributed by atoms with Crippen LogP contribution in [0.15, 0.2) is 0 Å². The van der Waals surface area contributed by atoms with Crippen molar-refractivity contribution in [2.24, 2.45) is 0 Å². The van der Waals surface area contributed by atoms with Gasteiger partial charge in [-0.15, -0.1) is 0 Å². The van der Waals surface area contributed by atoms with Crippen LogP contribution in [0.4, 0.5) is 0 Å². The third-order valence-electron chi connectivity index (χ3n) is 0.987. The normalized spacial score (nSPS) is 11.0. The molecule has 0 saturated heterocycles. The molecule has 0 unspecified atom stereocenters. The maximum atomic E-state index is 8.42. The first-order valence-corrected chi connectivity index (χ1v) is 3.47. The van der Waals surface area contributed by atoms with E-state index in [1.165, 1.54) is 0 Å². The van der Waals surface area contributed by atoms with Gasteiger partial charge in [-0.3, -0.25) is 0 Å². The quantitative estimate of drug-likeness (QED) is 0.339. The summed E-state index contributed by atoms with van der Waals surface area (Å²) < 4.78 is 0. The second-order valence-electron chi connectivity index (χ2n) is 2.37. The lowest BCUT2D eigenvalue weighted by atomic mass is 10.8. The van der Waals surface area contributed by atoms with Crippen molar-refractivity contribution in [3.8, 4) is 0 Å². The number of nitrogens with zero attached hydrogens (tertiary/aromatic N) is 1. The molecule has 0 spiro atoms. The van der Waals surface area contributed by atoms with Crippen molar-refractivity contribution in [3.05, 3.63) is 0 Å². The smallest absolute Gasteiger partial charge is 0.133 e. The molecule has 5 nitrogen and oxygen atoms in total. The van der Waals surface area contributed by atoms with Crippen LogP contribution >= 0.6 is 0 Å². The number of halogens is 1. The molecule has 0 aromatic carbocycles. The van der Waals surface area contributed by atoms with E-state index in [0.717, 1.165) is 0 Å². The van der Waals surface area contributed by atoms with Crippen LogP contribution in [-0.2, 0) is 9.68 Å². The molecular formula is C6H16ClNO4. The van der Waals surface area contributed by atoms with Gasteiger partial charge in [-0.05, 0) is 4.81 Å². The molecule has 76 valence electrons. The van der Waals surface area contributed by atoms with E-state index in [0.29, 0.717) is 0 Å². The number of aliphatic hydroxyl groups is 2. The molecule has 0 saturated carbocycles. The fourth-order valence-corrected chi connectivity index (χ4v) is 0.559.